The number of carbonyl (C=O) groups is 1. The number of hydrogen-bond acceptors (Lipinski definition) is 4. The van der Waals surface area contributed by atoms with Crippen molar-refractivity contribution < 1.29 is 4.79 Å². The molecule has 1 amide bonds. The van der Waals surface area contributed by atoms with Gasteiger partial charge in [-0.1, -0.05) is 48.0 Å². The molecule has 5 rings (SSSR count). The fourth-order valence-electron chi connectivity index (χ4n) is 3.94. The summed E-state index contributed by atoms with van der Waals surface area (Å²) in [4.78, 5) is 23.0. The third-order valence-corrected chi connectivity index (χ3v) is 6.61. The molecular weight excluding hydrogens is 392 g/mol. The van der Waals surface area contributed by atoms with E-state index in [-0.39, 0.29) is 5.91 Å². The van der Waals surface area contributed by atoms with Crippen molar-refractivity contribution in [2.45, 2.75) is 13.3 Å². The van der Waals surface area contributed by atoms with Crippen LogP contribution in [0.15, 0.2) is 66.2 Å². The lowest BCUT2D eigenvalue weighted by Crippen LogP contribution is -2.49. The Bertz CT molecular complexity index is 1160. The topological polar surface area (TPSA) is 40.9 Å². The number of carbonyl (C=O) groups excluding carboxylic acids is 1. The molecular formula is C24H24N4OS. The van der Waals surface area contributed by atoms with Crippen LogP contribution >= 0.6 is 11.3 Å². The largest absolute Gasteiger partial charge is 0.368 e. The Kier molecular flexibility index (Phi) is 5.01. The molecule has 0 radical (unpaired) electrons. The first-order chi connectivity index (χ1) is 14.7. The summed E-state index contributed by atoms with van der Waals surface area (Å²) in [6.07, 6.45) is 2.46. The van der Waals surface area contributed by atoms with Crippen LogP contribution in [0.3, 0.4) is 0 Å². The minimum atomic E-state index is 0.188. The molecule has 0 saturated carbocycles. The third-order valence-electron chi connectivity index (χ3n) is 5.72. The lowest BCUT2D eigenvalue weighted by atomic mass is 10.1. The predicted octanol–water partition coefficient (Wildman–Crippen LogP) is 4.26. The molecule has 6 heteroatoms. The Morgan fingerprint density at radius 3 is 2.47 bits per heavy atom. The number of piperazine rings is 1. The molecule has 5 nitrogen and oxygen atoms in total. The second-order valence-electron chi connectivity index (χ2n) is 7.75. The van der Waals surface area contributed by atoms with E-state index in [1.807, 2.05) is 17.2 Å². The second kappa shape index (κ2) is 7.95. The first-order valence-corrected chi connectivity index (χ1v) is 11.2. The average Bonchev–Trinajstić information content (AvgIpc) is 3.37. The van der Waals surface area contributed by atoms with E-state index in [0.717, 1.165) is 48.1 Å². The number of fused-ring (bicyclic) bond motifs is 1. The SMILES string of the molecule is Cc1ccc(-c2cn3c(CC(=O)N4CCN(c5ccccc5)CC4)csc3n2)cc1. The fraction of sp³-hybridized carbons (Fsp3) is 0.250. The van der Waals surface area contributed by atoms with Crippen molar-refractivity contribution in [2.24, 2.45) is 0 Å². The number of amides is 1. The fourth-order valence-corrected chi connectivity index (χ4v) is 4.81. The first kappa shape index (κ1) is 18.9. The monoisotopic (exact) mass is 416 g/mol. The van der Waals surface area contributed by atoms with Crippen LogP contribution in [0, 0.1) is 6.92 Å². The maximum atomic E-state index is 12.9. The van der Waals surface area contributed by atoms with Crippen molar-refractivity contribution in [3.63, 3.8) is 0 Å². The van der Waals surface area contributed by atoms with Crippen molar-refractivity contribution in [3.05, 3.63) is 77.4 Å². The van der Waals surface area contributed by atoms with E-state index in [0.29, 0.717) is 6.42 Å². The molecule has 1 aliphatic rings. The zero-order valence-corrected chi connectivity index (χ0v) is 17.8. The van der Waals surface area contributed by atoms with E-state index >= 15 is 0 Å². The van der Waals surface area contributed by atoms with Gasteiger partial charge < -0.3 is 9.80 Å². The Morgan fingerprint density at radius 1 is 1.00 bits per heavy atom. The summed E-state index contributed by atoms with van der Waals surface area (Å²) >= 11 is 1.59. The number of imidazole rings is 1. The molecule has 0 bridgehead atoms. The quantitative estimate of drug-likeness (QED) is 0.499. The summed E-state index contributed by atoms with van der Waals surface area (Å²) in [5.41, 5.74) is 5.53. The smallest absolute Gasteiger partial charge is 0.228 e. The molecule has 2 aromatic carbocycles. The van der Waals surface area contributed by atoms with E-state index in [2.05, 4.69) is 70.1 Å². The number of aryl methyl sites for hydroxylation is 1. The lowest BCUT2D eigenvalue weighted by Gasteiger charge is -2.36. The van der Waals surface area contributed by atoms with Gasteiger partial charge in [0.05, 0.1) is 12.1 Å². The van der Waals surface area contributed by atoms with Crippen LogP contribution in [0.25, 0.3) is 16.2 Å². The van der Waals surface area contributed by atoms with Gasteiger partial charge in [-0.15, -0.1) is 11.3 Å². The summed E-state index contributed by atoms with van der Waals surface area (Å²) in [5.74, 6) is 0.188. The highest BCUT2D eigenvalue weighted by molar-refractivity contribution is 7.15. The van der Waals surface area contributed by atoms with Crippen LogP contribution < -0.4 is 4.90 Å². The minimum Gasteiger partial charge on any atom is -0.368 e. The van der Waals surface area contributed by atoms with Gasteiger partial charge in [-0.2, -0.15) is 0 Å². The molecule has 0 atom stereocenters. The summed E-state index contributed by atoms with van der Waals surface area (Å²) in [5, 5.41) is 2.05. The van der Waals surface area contributed by atoms with Crippen molar-refractivity contribution >= 4 is 27.9 Å². The van der Waals surface area contributed by atoms with Crippen LogP contribution in [-0.4, -0.2) is 46.4 Å². The van der Waals surface area contributed by atoms with Crippen molar-refractivity contribution in [1.29, 1.82) is 0 Å². The van der Waals surface area contributed by atoms with Crippen molar-refractivity contribution in [1.82, 2.24) is 14.3 Å². The van der Waals surface area contributed by atoms with Gasteiger partial charge in [-0.05, 0) is 19.1 Å². The Morgan fingerprint density at radius 2 is 1.73 bits per heavy atom. The third kappa shape index (κ3) is 3.71. The standard InChI is InChI=1S/C24H24N4OS/c1-18-7-9-19(10-8-18)22-16-28-21(17-30-24(28)25-22)15-23(29)27-13-11-26(12-14-27)20-5-3-2-4-6-20/h2-10,16-17H,11-15H2,1H3. The van der Waals surface area contributed by atoms with Crippen LogP contribution in [0.1, 0.15) is 11.3 Å². The molecule has 0 spiro atoms. The van der Waals surface area contributed by atoms with Crippen LogP contribution in [-0.2, 0) is 11.2 Å². The van der Waals surface area contributed by atoms with E-state index in [1.54, 1.807) is 11.3 Å². The Labute approximate surface area is 180 Å². The lowest BCUT2D eigenvalue weighted by molar-refractivity contribution is -0.130. The summed E-state index contributed by atoms with van der Waals surface area (Å²) in [6.45, 7) is 5.35. The summed E-state index contributed by atoms with van der Waals surface area (Å²) in [6, 6.07) is 18.8. The Balaban J connectivity index is 1.27. The number of anilines is 1. The molecule has 1 aliphatic heterocycles. The van der Waals surface area contributed by atoms with Gasteiger partial charge in [-0.25, -0.2) is 4.98 Å². The number of thiazole rings is 1. The summed E-state index contributed by atoms with van der Waals surface area (Å²) < 4.78 is 2.07. The zero-order valence-electron chi connectivity index (χ0n) is 17.0. The van der Waals surface area contributed by atoms with Gasteiger partial charge in [-0.3, -0.25) is 9.20 Å². The van der Waals surface area contributed by atoms with E-state index in [9.17, 15) is 4.79 Å². The highest BCUT2D eigenvalue weighted by Gasteiger charge is 2.22. The van der Waals surface area contributed by atoms with E-state index in [4.69, 9.17) is 4.98 Å². The number of hydrogen-bond donors (Lipinski definition) is 0. The molecule has 1 saturated heterocycles. The summed E-state index contributed by atoms with van der Waals surface area (Å²) in [7, 11) is 0. The normalized spacial score (nSPS) is 14.4. The number of benzene rings is 2. The first-order valence-electron chi connectivity index (χ1n) is 10.3. The average molecular weight is 417 g/mol. The number of para-hydroxylation sites is 1. The predicted molar refractivity (Wildman–Crippen MR) is 122 cm³/mol. The number of aromatic nitrogens is 2. The maximum absolute atomic E-state index is 12.9. The van der Waals surface area contributed by atoms with E-state index < -0.39 is 0 Å². The minimum absolute atomic E-state index is 0.188. The molecule has 30 heavy (non-hydrogen) atoms. The van der Waals surface area contributed by atoms with Crippen molar-refractivity contribution in [2.75, 3.05) is 31.1 Å². The molecule has 1 fully saturated rings. The van der Waals surface area contributed by atoms with Crippen LogP contribution in [0.2, 0.25) is 0 Å². The van der Waals surface area contributed by atoms with E-state index in [1.165, 1.54) is 11.3 Å². The molecule has 2 aromatic heterocycles. The molecule has 4 aromatic rings. The van der Waals surface area contributed by atoms with Gasteiger partial charge in [0, 0.05) is 54.7 Å². The van der Waals surface area contributed by atoms with Gasteiger partial charge in [0.15, 0.2) is 4.96 Å². The van der Waals surface area contributed by atoms with Gasteiger partial charge >= 0.3 is 0 Å². The molecule has 152 valence electrons. The molecule has 3 heterocycles. The van der Waals surface area contributed by atoms with Crippen LogP contribution in [0.4, 0.5) is 5.69 Å². The number of nitrogens with zero attached hydrogens (tertiary/aromatic N) is 4. The molecule has 0 unspecified atom stereocenters. The highest BCUT2D eigenvalue weighted by Crippen LogP contribution is 2.25. The maximum Gasteiger partial charge on any atom is 0.228 e. The van der Waals surface area contributed by atoms with Crippen molar-refractivity contribution in [3.8, 4) is 11.3 Å². The highest BCUT2D eigenvalue weighted by atomic mass is 32.1. The van der Waals surface area contributed by atoms with Gasteiger partial charge in [0.25, 0.3) is 0 Å². The zero-order chi connectivity index (χ0) is 20.5. The van der Waals surface area contributed by atoms with Gasteiger partial charge in [0.2, 0.25) is 5.91 Å². The molecule has 0 N–H and O–H groups in total. The number of rotatable bonds is 4. The van der Waals surface area contributed by atoms with Gasteiger partial charge in [0.1, 0.15) is 0 Å². The van der Waals surface area contributed by atoms with Crippen LogP contribution in [0.5, 0.6) is 0 Å². The Hall–Kier alpha value is -3.12. The second-order valence-corrected chi connectivity index (χ2v) is 8.59. The molecule has 0 aliphatic carbocycles.